The van der Waals surface area contributed by atoms with Crippen LogP contribution >= 0.6 is 0 Å². The Bertz CT molecular complexity index is 1450. The van der Waals surface area contributed by atoms with Crippen molar-refractivity contribution in [2.24, 2.45) is 5.92 Å². The summed E-state index contributed by atoms with van der Waals surface area (Å²) in [6.45, 7) is 13.5. The lowest BCUT2D eigenvalue weighted by Gasteiger charge is -2.31. The zero-order chi connectivity index (χ0) is 33.1. The van der Waals surface area contributed by atoms with Gasteiger partial charge in [-0.15, -0.1) is 5.10 Å². The number of aryl methyl sites for hydroxylation is 1. The van der Waals surface area contributed by atoms with Crippen LogP contribution in [0.3, 0.4) is 0 Å². The number of benzene rings is 1. The molecule has 2 aromatic rings. The summed E-state index contributed by atoms with van der Waals surface area (Å²) in [4.78, 5) is 28.7. The quantitative estimate of drug-likeness (QED) is 0.159. The van der Waals surface area contributed by atoms with Crippen LogP contribution in [0.2, 0.25) is 18.6 Å². The molecule has 1 aromatic carbocycles. The summed E-state index contributed by atoms with van der Waals surface area (Å²) < 4.78 is 24.7. The molecule has 246 valence electrons. The van der Waals surface area contributed by atoms with Crippen LogP contribution in [-0.4, -0.2) is 70.8 Å². The Labute approximate surface area is 266 Å². The second kappa shape index (κ2) is 14.1. The number of anilines is 2. The first-order valence-electron chi connectivity index (χ1n) is 15.8. The number of aliphatic hydroxyl groups is 2. The predicted octanol–water partition coefficient (Wildman–Crippen LogP) is 5.04. The second-order valence-corrected chi connectivity index (χ2v) is 17.0. The number of carbonyl (C=O) groups is 2. The highest BCUT2D eigenvalue weighted by molar-refractivity contribution is 6.72. The third-order valence-electron chi connectivity index (χ3n) is 8.92. The molecule has 0 saturated carbocycles. The van der Waals surface area contributed by atoms with Crippen LogP contribution in [0.5, 0.6) is 0 Å². The van der Waals surface area contributed by atoms with E-state index in [1.165, 1.54) is 12.5 Å². The molecule has 1 aromatic heterocycles. The number of allylic oxidation sites excluding steroid dienone is 3. The molecule has 2 aliphatic heterocycles. The summed E-state index contributed by atoms with van der Waals surface area (Å²) in [5.74, 6) is -1.30. The summed E-state index contributed by atoms with van der Waals surface area (Å²) >= 11 is 0. The van der Waals surface area contributed by atoms with Gasteiger partial charge in [0.15, 0.2) is 5.60 Å². The highest BCUT2D eigenvalue weighted by Crippen LogP contribution is 2.60. The number of aliphatic hydroxyl groups excluding tert-OH is 2. The lowest BCUT2D eigenvalue weighted by atomic mass is 9.82. The van der Waals surface area contributed by atoms with Gasteiger partial charge in [-0.05, 0) is 78.3 Å². The van der Waals surface area contributed by atoms with Gasteiger partial charge in [0, 0.05) is 55.0 Å². The van der Waals surface area contributed by atoms with Crippen molar-refractivity contribution in [2.75, 3.05) is 23.4 Å². The van der Waals surface area contributed by atoms with E-state index >= 15 is 4.11 Å². The predicted molar refractivity (Wildman–Crippen MR) is 175 cm³/mol. The maximum absolute atomic E-state index is 16.2. The van der Waals surface area contributed by atoms with Crippen LogP contribution in [-0.2, 0) is 32.9 Å². The van der Waals surface area contributed by atoms with E-state index in [1.54, 1.807) is 47.1 Å². The SMILES string of the molecule is CC(C)=CCC/C(C)=C/CN1C(=O)[C@]2(O[C@H](CCn3cc(CCO)nn3)[C@@H]([Si](C)(C)F)[C@@H]2C)c2cc(NC(=O)[C@H](C)O)ccc21. The van der Waals surface area contributed by atoms with Crippen molar-refractivity contribution in [3.8, 4) is 0 Å². The molecule has 0 bridgehead atoms. The number of rotatable bonds is 13. The van der Waals surface area contributed by atoms with Gasteiger partial charge in [0.1, 0.15) is 6.10 Å². The fourth-order valence-corrected chi connectivity index (χ4v) is 9.24. The van der Waals surface area contributed by atoms with Gasteiger partial charge in [-0.1, -0.05) is 35.4 Å². The highest BCUT2D eigenvalue weighted by Gasteiger charge is 2.66. The van der Waals surface area contributed by atoms with Crippen molar-refractivity contribution >= 4 is 31.6 Å². The lowest BCUT2D eigenvalue weighted by molar-refractivity contribution is -0.145. The van der Waals surface area contributed by atoms with Crippen molar-refractivity contribution in [2.45, 2.75) is 103 Å². The number of fused-ring (bicyclic) bond motifs is 2. The number of amides is 2. The molecule has 1 saturated heterocycles. The Balaban J connectivity index is 1.72. The number of carbonyl (C=O) groups excluding carboxylic acids is 2. The average Bonchev–Trinajstić information content (AvgIpc) is 3.60. The molecule has 2 amide bonds. The van der Waals surface area contributed by atoms with Crippen LogP contribution in [0.4, 0.5) is 15.5 Å². The number of hydrogen-bond donors (Lipinski definition) is 3. The Morgan fingerprint density at radius 3 is 2.64 bits per heavy atom. The first-order chi connectivity index (χ1) is 21.2. The minimum atomic E-state index is -3.37. The van der Waals surface area contributed by atoms with Crippen molar-refractivity contribution in [3.05, 3.63) is 59.0 Å². The first-order valence-corrected chi connectivity index (χ1v) is 18.8. The Morgan fingerprint density at radius 1 is 1.27 bits per heavy atom. The molecule has 12 heteroatoms. The fourth-order valence-electron chi connectivity index (χ4n) is 6.70. The molecule has 3 N–H and O–H groups in total. The van der Waals surface area contributed by atoms with E-state index in [1.807, 2.05) is 6.92 Å². The van der Waals surface area contributed by atoms with Crippen LogP contribution in [0.1, 0.15) is 65.1 Å². The minimum absolute atomic E-state index is 0.0317. The molecule has 0 aliphatic carbocycles. The Kier molecular flexibility index (Phi) is 10.8. The average molecular weight is 642 g/mol. The van der Waals surface area contributed by atoms with E-state index < -0.39 is 43.6 Å². The standard InChI is InChI=1S/C33H48FN5O5Si/c1-21(2)9-8-10-22(3)13-17-39-28-12-11-25(35-31(42)24(5)41)19-27(28)33(32(39)43)23(4)30(45(6,7)34)29(44-33)14-16-38-20-26(15-18-40)36-37-38/h9,11-13,19-20,23-24,29-30,40-41H,8,10,14-18H2,1-7H3,(H,35,42)/b22-13+/t23-,24-,29+,30-,33+/m0/s1. The van der Waals surface area contributed by atoms with Crippen LogP contribution < -0.4 is 10.2 Å². The molecule has 1 spiro atoms. The number of ether oxygens (including phenoxy) is 1. The van der Waals surface area contributed by atoms with Gasteiger partial charge in [0.05, 0.1) is 17.5 Å². The van der Waals surface area contributed by atoms with Gasteiger partial charge in [-0.3, -0.25) is 14.3 Å². The van der Waals surface area contributed by atoms with E-state index in [-0.39, 0.29) is 12.5 Å². The van der Waals surface area contributed by atoms with Crippen molar-refractivity contribution in [1.82, 2.24) is 15.0 Å². The van der Waals surface area contributed by atoms with Gasteiger partial charge in [0.25, 0.3) is 11.8 Å². The molecule has 0 radical (unpaired) electrons. The van der Waals surface area contributed by atoms with Crippen LogP contribution in [0, 0.1) is 5.92 Å². The van der Waals surface area contributed by atoms with Crippen molar-refractivity contribution < 1.29 is 28.6 Å². The summed E-state index contributed by atoms with van der Waals surface area (Å²) in [5.41, 5.74) is 2.83. The van der Waals surface area contributed by atoms with Crippen molar-refractivity contribution in [3.63, 3.8) is 0 Å². The topological polar surface area (TPSA) is 130 Å². The molecule has 5 atom stereocenters. The molecule has 0 unspecified atom stereocenters. The van der Waals surface area contributed by atoms with Crippen LogP contribution in [0.25, 0.3) is 0 Å². The molecule has 45 heavy (non-hydrogen) atoms. The lowest BCUT2D eigenvalue weighted by Crippen LogP contribution is -2.45. The number of aromatic nitrogens is 3. The van der Waals surface area contributed by atoms with Crippen molar-refractivity contribution in [1.29, 1.82) is 0 Å². The molecule has 3 heterocycles. The van der Waals surface area contributed by atoms with E-state index in [2.05, 4.69) is 48.6 Å². The third-order valence-corrected chi connectivity index (χ3v) is 11.4. The molecular formula is C33H48FN5O5Si. The minimum Gasteiger partial charge on any atom is -0.396 e. The fraction of sp³-hybridized carbons (Fsp3) is 0.576. The van der Waals surface area contributed by atoms with E-state index in [4.69, 9.17) is 4.74 Å². The Morgan fingerprint density at radius 2 is 2.00 bits per heavy atom. The maximum Gasteiger partial charge on any atom is 0.264 e. The van der Waals surface area contributed by atoms with Gasteiger partial charge in [0.2, 0.25) is 8.41 Å². The second-order valence-electron chi connectivity index (χ2n) is 13.2. The molecule has 10 nitrogen and oxygen atoms in total. The third kappa shape index (κ3) is 7.45. The number of nitrogens with zero attached hydrogens (tertiary/aromatic N) is 4. The van der Waals surface area contributed by atoms with Gasteiger partial charge >= 0.3 is 0 Å². The van der Waals surface area contributed by atoms with E-state index in [0.29, 0.717) is 48.6 Å². The summed E-state index contributed by atoms with van der Waals surface area (Å²) in [7, 11) is -3.37. The molecular weight excluding hydrogens is 593 g/mol. The maximum atomic E-state index is 16.2. The Hall–Kier alpha value is -3.19. The first kappa shape index (κ1) is 34.7. The normalized spacial score (nSPS) is 23.9. The smallest absolute Gasteiger partial charge is 0.264 e. The number of nitrogens with one attached hydrogen (secondary N) is 1. The van der Waals surface area contributed by atoms with E-state index in [9.17, 15) is 19.8 Å². The van der Waals surface area contributed by atoms with Gasteiger partial charge < -0.3 is 29.3 Å². The largest absolute Gasteiger partial charge is 0.396 e. The zero-order valence-electron chi connectivity index (χ0n) is 27.5. The summed E-state index contributed by atoms with van der Waals surface area (Å²) in [6, 6.07) is 5.24. The number of halogens is 1. The van der Waals surface area contributed by atoms with Gasteiger partial charge in [-0.25, -0.2) is 0 Å². The zero-order valence-corrected chi connectivity index (χ0v) is 28.5. The van der Waals surface area contributed by atoms with Gasteiger partial charge in [-0.2, -0.15) is 0 Å². The van der Waals surface area contributed by atoms with E-state index in [0.717, 1.165) is 18.4 Å². The molecule has 2 aliphatic rings. The molecule has 1 fully saturated rings. The van der Waals surface area contributed by atoms with Crippen LogP contribution in [0.15, 0.2) is 47.7 Å². The summed E-state index contributed by atoms with van der Waals surface area (Å²) in [6.07, 6.45) is 6.83. The monoisotopic (exact) mass is 641 g/mol. The number of hydrogen-bond acceptors (Lipinski definition) is 7. The molecule has 4 rings (SSSR count). The highest BCUT2D eigenvalue weighted by atomic mass is 28.4. The summed E-state index contributed by atoms with van der Waals surface area (Å²) in [5, 5.41) is 30.0.